The minimum atomic E-state index is 0. The monoisotopic (exact) mass is 415 g/mol. The van der Waals surface area contributed by atoms with Crippen molar-refractivity contribution in [1.29, 1.82) is 0 Å². The summed E-state index contributed by atoms with van der Waals surface area (Å²) in [6.07, 6.45) is 7.26. The number of aromatic nitrogens is 2. The highest BCUT2D eigenvalue weighted by Gasteiger charge is 2.25. The Kier molecular flexibility index (Phi) is 14.6. The molecule has 1 aliphatic heterocycles. The molecule has 2 N–H and O–H groups in total. The first-order valence-corrected chi connectivity index (χ1v) is 8.27. The zero-order valence-electron chi connectivity index (χ0n) is 15.0. The largest absolute Gasteiger partial charge is 0.343 e. The maximum absolute atomic E-state index is 12.2. The molecule has 1 aromatic rings. The summed E-state index contributed by atoms with van der Waals surface area (Å²) in [6.45, 7) is 6.01. The van der Waals surface area contributed by atoms with Crippen LogP contribution >= 0.6 is 37.2 Å². The normalized spacial score (nSPS) is 16.1. The molecule has 1 atom stereocenters. The number of piperidine rings is 1. The second-order valence-electron chi connectivity index (χ2n) is 6.36. The Balaban J connectivity index is 0. The van der Waals surface area contributed by atoms with E-state index in [0.717, 1.165) is 45.4 Å². The van der Waals surface area contributed by atoms with Crippen molar-refractivity contribution in [1.82, 2.24) is 19.6 Å². The van der Waals surface area contributed by atoms with E-state index in [4.69, 9.17) is 5.73 Å². The van der Waals surface area contributed by atoms with E-state index in [-0.39, 0.29) is 49.2 Å². The summed E-state index contributed by atoms with van der Waals surface area (Å²) in [5, 5.41) is 4.23. The third kappa shape index (κ3) is 9.11. The van der Waals surface area contributed by atoms with Crippen LogP contribution in [0.4, 0.5) is 0 Å². The van der Waals surface area contributed by atoms with Gasteiger partial charge in [-0.05, 0) is 32.3 Å². The zero-order valence-corrected chi connectivity index (χ0v) is 17.5. The predicted molar refractivity (Wildman–Crippen MR) is 109 cm³/mol. The van der Waals surface area contributed by atoms with Gasteiger partial charge in [0, 0.05) is 57.6 Å². The number of hydrogen-bond acceptors (Lipinski definition) is 4. The van der Waals surface area contributed by atoms with Crippen molar-refractivity contribution in [2.24, 2.45) is 5.73 Å². The summed E-state index contributed by atoms with van der Waals surface area (Å²) in [7, 11) is 1.94. The Morgan fingerprint density at radius 3 is 2.44 bits per heavy atom. The Morgan fingerprint density at radius 2 is 1.92 bits per heavy atom. The first kappa shape index (κ1) is 26.7. The van der Waals surface area contributed by atoms with Crippen LogP contribution in [0, 0.1) is 0 Å². The Bertz CT molecular complexity index is 451. The molecular formula is C16H32Cl3N5O. The number of nitrogens with zero attached hydrogens (tertiary/aromatic N) is 4. The molecule has 2 heterocycles. The van der Waals surface area contributed by atoms with Crippen molar-refractivity contribution in [2.45, 2.75) is 51.2 Å². The molecule has 0 aliphatic carbocycles. The molecule has 2 rings (SSSR count). The maximum Gasteiger partial charge on any atom is 0.222 e. The number of carbonyl (C=O) groups is 1. The topological polar surface area (TPSA) is 67.4 Å². The van der Waals surface area contributed by atoms with E-state index in [0.29, 0.717) is 12.5 Å². The smallest absolute Gasteiger partial charge is 0.222 e. The van der Waals surface area contributed by atoms with Crippen LogP contribution in [-0.2, 0) is 11.3 Å². The highest BCUT2D eigenvalue weighted by molar-refractivity contribution is 5.86. The van der Waals surface area contributed by atoms with Gasteiger partial charge in [0.1, 0.15) is 0 Å². The minimum Gasteiger partial charge on any atom is -0.343 e. The SMILES string of the molecule is CC(N)CCC(=O)N(C)C1CCN(CCn2cccn2)CC1.Cl.Cl.Cl. The molecule has 0 bridgehead atoms. The van der Waals surface area contributed by atoms with Crippen molar-refractivity contribution in [3.8, 4) is 0 Å². The van der Waals surface area contributed by atoms with Gasteiger partial charge >= 0.3 is 0 Å². The van der Waals surface area contributed by atoms with Crippen molar-refractivity contribution < 1.29 is 4.79 Å². The van der Waals surface area contributed by atoms with Crippen LogP contribution in [0.5, 0.6) is 0 Å². The van der Waals surface area contributed by atoms with Crippen LogP contribution in [0.15, 0.2) is 18.5 Å². The first-order chi connectivity index (χ1) is 10.6. The van der Waals surface area contributed by atoms with E-state index < -0.39 is 0 Å². The molecular weight excluding hydrogens is 385 g/mol. The second-order valence-corrected chi connectivity index (χ2v) is 6.36. The molecule has 6 nitrogen and oxygen atoms in total. The van der Waals surface area contributed by atoms with Crippen LogP contribution in [0.3, 0.4) is 0 Å². The van der Waals surface area contributed by atoms with Crippen molar-refractivity contribution in [2.75, 3.05) is 26.7 Å². The number of carbonyl (C=O) groups excluding carboxylic acids is 1. The van der Waals surface area contributed by atoms with Crippen molar-refractivity contribution >= 4 is 43.1 Å². The van der Waals surface area contributed by atoms with Crippen LogP contribution in [0.1, 0.15) is 32.6 Å². The molecule has 9 heteroatoms. The van der Waals surface area contributed by atoms with Crippen LogP contribution in [0.2, 0.25) is 0 Å². The average Bonchev–Trinajstić information content (AvgIpc) is 3.03. The van der Waals surface area contributed by atoms with Gasteiger partial charge in [0.2, 0.25) is 5.91 Å². The average molecular weight is 417 g/mol. The molecule has 1 aliphatic rings. The molecule has 0 aromatic carbocycles. The fraction of sp³-hybridized carbons (Fsp3) is 0.750. The minimum absolute atomic E-state index is 0. The van der Waals surface area contributed by atoms with Gasteiger partial charge in [-0.3, -0.25) is 9.48 Å². The van der Waals surface area contributed by atoms with Crippen LogP contribution in [0.25, 0.3) is 0 Å². The number of amides is 1. The van der Waals surface area contributed by atoms with Crippen molar-refractivity contribution in [3.05, 3.63) is 18.5 Å². The summed E-state index contributed by atoms with van der Waals surface area (Å²) in [5.74, 6) is 0.229. The van der Waals surface area contributed by atoms with E-state index in [2.05, 4.69) is 10.00 Å². The van der Waals surface area contributed by atoms with E-state index >= 15 is 0 Å². The summed E-state index contributed by atoms with van der Waals surface area (Å²) < 4.78 is 1.97. The quantitative estimate of drug-likeness (QED) is 0.740. The van der Waals surface area contributed by atoms with E-state index in [1.54, 1.807) is 0 Å². The maximum atomic E-state index is 12.2. The number of hydrogen-bond donors (Lipinski definition) is 1. The molecule has 148 valence electrons. The van der Waals surface area contributed by atoms with E-state index in [9.17, 15) is 4.79 Å². The summed E-state index contributed by atoms with van der Waals surface area (Å²) >= 11 is 0. The Morgan fingerprint density at radius 1 is 1.28 bits per heavy atom. The van der Waals surface area contributed by atoms with Gasteiger partial charge in [0.05, 0.1) is 6.54 Å². The molecule has 25 heavy (non-hydrogen) atoms. The Labute approximate surface area is 169 Å². The van der Waals surface area contributed by atoms with Gasteiger partial charge in [-0.1, -0.05) is 0 Å². The van der Waals surface area contributed by atoms with Gasteiger partial charge in [0.15, 0.2) is 0 Å². The Hall–Kier alpha value is -0.530. The van der Waals surface area contributed by atoms with Crippen LogP contribution < -0.4 is 5.73 Å². The molecule has 1 aromatic heterocycles. The number of rotatable bonds is 7. The summed E-state index contributed by atoms with van der Waals surface area (Å²) in [5.41, 5.74) is 5.73. The highest BCUT2D eigenvalue weighted by Crippen LogP contribution is 2.16. The predicted octanol–water partition coefficient (Wildman–Crippen LogP) is 2.20. The summed E-state index contributed by atoms with van der Waals surface area (Å²) in [4.78, 5) is 16.5. The van der Waals surface area contributed by atoms with Gasteiger partial charge in [-0.2, -0.15) is 5.10 Å². The number of nitrogens with two attached hydrogens (primary N) is 1. The van der Waals surface area contributed by atoms with Crippen LogP contribution in [-0.4, -0.2) is 64.3 Å². The summed E-state index contributed by atoms with van der Waals surface area (Å²) in [6, 6.07) is 2.43. The molecule has 0 saturated carbocycles. The van der Waals surface area contributed by atoms with Gasteiger partial charge in [0.25, 0.3) is 0 Å². The number of likely N-dealkylation sites (tertiary alicyclic amines) is 1. The lowest BCUT2D eigenvalue weighted by Gasteiger charge is -2.36. The molecule has 1 saturated heterocycles. The molecule has 0 spiro atoms. The molecule has 1 unspecified atom stereocenters. The third-order valence-corrected chi connectivity index (χ3v) is 4.52. The lowest BCUT2D eigenvalue weighted by Crippen LogP contribution is -2.46. The standard InChI is InChI=1S/C16H29N5O.3ClH/c1-14(17)4-5-16(22)19(2)15-6-10-20(11-7-15)12-13-21-9-3-8-18-21;;;/h3,8-9,14-15H,4-7,10-13,17H2,1-2H3;3*1H. The van der Waals surface area contributed by atoms with Gasteiger partial charge in [-0.15, -0.1) is 37.2 Å². The fourth-order valence-electron chi connectivity index (χ4n) is 2.94. The highest BCUT2D eigenvalue weighted by atomic mass is 35.5. The lowest BCUT2D eigenvalue weighted by atomic mass is 10.0. The van der Waals surface area contributed by atoms with E-state index in [1.807, 2.05) is 42.0 Å². The zero-order chi connectivity index (χ0) is 15.9. The number of halogens is 3. The molecule has 1 fully saturated rings. The van der Waals surface area contributed by atoms with E-state index in [1.165, 1.54) is 0 Å². The van der Waals surface area contributed by atoms with Gasteiger partial charge < -0.3 is 15.5 Å². The fourth-order valence-corrected chi connectivity index (χ4v) is 2.94. The van der Waals surface area contributed by atoms with Gasteiger partial charge in [-0.25, -0.2) is 0 Å². The molecule has 1 amide bonds. The second kappa shape index (κ2) is 13.6. The molecule has 0 radical (unpaired) electrons. The lowest BCUT2D eigenvalue weighted by molar-refractivity contribution is -0.133. The third-order valence-electron chi connectivity index (χ3n) is 4.52. The first-order valence-electron chi connectivity index (χ1n) is 8.27. The van der Waals surface area contributed by atoms with Crippen molar-refractivity contribution in [3.63, 3.8) is 0 Å².